The highest BCUT2D eigenvalue weighted by Crippen LogP contribution is 2.13. The molecule has 0 saturated heterocycles. The van der Waals surface area contributed by atoms with Crippen LogP contribution in [0, 0.1) is 6.92 Å². The lowest BCUT2D eigenvalue weighted by Crippen LogP contribution is -2.28. The Balaban J connectivity index is 1.75. The van der Waals surface area contributed by atoms with Crippen molar-refractivity contribution in [2.75, 3.05) is 12.3 Å². The molecule has 1 aromatic carbocycles. The Morgan fingerprint density at radius 3 is 3.05 bits per heavy atom. The van der Waals surface area contributed by atoms with Crippen LogP contribution < -0.4 is 15.8 Å². The molecule has 6 nitrogen and oxygen atoms in total. The lowest BCUT2D eigenvalue weighted by Gasteiger charge is -2.06. The summed E-state index contributed by atoms with van der Waals surface area (Å²) in [5.74, 6) is 1.48. The Labute approximate surface area is 110 Å². The van der Waals surface area contributed by atoms with E-state index in [0.717, 1.165) is 0 Å². The minimum Gasteiger partial charge on any atom is -0.484 e. The van der Waals surface area contributed by atoms with E-state index in [-0.39, 0.29) is 19.1 Å². The third-order valence-corrected chi connectivity index (χ3v) is 2.33. The highest BCUT2D eigenvalue weighted by atomic mass is 16.5. The summed E-state index contributed by atoms with van der Waals surface area (Å²) >= 11 is 0. The van der Waals surface area contributed by atoms with Crippen molar-refractivity contribution in [3.05, 3.63) is 42.1 Å². The number of nitrogen functional groups attached to an aromatic ring is 1. The summed E-state index contributed by atoms with van der Waals surface area (Å²) in [4.78, 5) is 15.5. The van der Waals surface area contributed by atoms with E-state index in [0.29, 0.717) is 23.1 Å². The van der Waals surface area contributed by atoms with Crippen LogP contribution in [0.3, 0.4) is 0 Å². The zero-order valence-electron chi connectivity index (χ0n) is 10.6. The number of carbonyl (C=O) groups excluding carboxylic acids is 1. The topological polar surface area (TPSA) is 90.4 Å². The molecule has 0 spiro atoms. The quantitative estimate of drug-likeness (QED) is 0.791. The number of hydrogen-bond donors (Lipinski definition) is 2. The number of hydrogen-bond acceptors (Lipinski definition) is 5. The van der Waals surface area contributed by atoms with Crippen LogP contribution in [0.15, 0.2) is 34.9 Å². The molecule has 6 heteroatoms. The molecule has 1 amide bonds. The average molecular weight is 261 g/mol. The van der Waals surface area contributed by atoms with E-state index in [1.54, 1.807) is 37.4 Å². The van der Waals surface area contributed by atoms with Crippen LogP contribution >= 0.6 is 0 Å². The number of ether oxygens (including phenoxy) is 1. The molecule has 0 radical (unpaired) electrons. The number of nitrogens with two attached hydrogens (primary N) is 1. The molecule has 0 saturated carbocycles. The Bertz CT molecular complexity index is 566. The summed E-state index contributed by atoms with van der Waals surface area (Å²) in [7, 11) is 0. The van der Waals surface area contributed by atoms with Gasteiger partial charge in [0.15, 0.2) is 6.61 Å². The standard InChI is InChI=1S/C13H15N3O3/c1-9-6-16-13(19-9)7-15-12(17)8-18-11-4-2-3-10(14)5-11/h2-6H,7-8,14H2,1H3,(H,15,17). The number of oxazole rings is 1. The molecule has 0 fully saturated rings. The second kappa shape index (κ2) is 5.90. The van der Waals surface area contributed by atoms with Crippen molar-refractivity contribution in [1.29, 1.82) is 0 Å². The first-order valence-electron chi connectivity index (χ1n) is 5.80. The number of anilines is 1. The van der Waals surface area contributed by atoms with Gasteiger partial charge in [0.2, 0.25) is 5.89 Å². The number of nitrogens with one attached hydrogen (secondary N) is 1. The molecule has 0 aliphatic rings. The number of aromatic nitrogens is 1. The van der Waals surface area contributed by atoms with Gasteiger partial charge < -0.3 is 20.2 Å². The fourth-order valence-corrected chi connectivity index (χ4v) is 1.46. The molecule has 2 rings (SSSR count). The number of amides is 1. The predicted molar refractivity (Wildman–Crippen MR) is 69.4 cm³/mol. The molecular formula is C13H15N3O3. The smallest absolute Gasteiger partial charge is 0.258 e. The summed E-state index contributed by atoms with van der Waals surface area (Å²) in [6.07, 6.45) is 1.60. The van der Waals surface area contributed by atoms with E-state index in [9.17, 15) is 4.79 Å². The summed E-state index contributed by atoms with van der Waals surface area (Å²) in [5, 5.41) is 2.65. The Morgan fingerprint density at radius 2 is 2.37 bits per heavy atom. The molecule has 1 aromatic heterocycles. The summed E-state index contributed by atoms with van der Waals surface area (Å²) in [5.41, 5.74) is 6.19. The van der Waals surface area contributed by atoms with Crippen molar-refractivity contribution in [1.82, 2.24) is 10.3 Å². The fraction of sp³-hybridized carbons (Fsp3) is 0.231. The Kier molecular flexibility index (Phi) is 4.02. The minimum absolute atomic E-state index is 0.0802. The second-order valence-corrected chi connectivity index (χ2v) is 4.00. The lowest BCUT2D eigenvalue weighted by molar-refractivity contribution is -0.123. The van der Waals surface area contributed by atoms with Crippen molar-refractivity contribution in [2.24, 2.45) is 0 Å². The van der Waals surface area contributed by atoms with Gasteiger partial charge >= 0.3 is 0 Å². The normalized spacial score (nSPS) is 10.2. The minimum atomic E-state index is -0.252. The van der Waals surface area contributed by atoms with Crippen LogP contribution in [0.1, 0.15) is 11.7 Å². The average Bonchev–Trinajstić information content (AvgIpc) is 2.80. The van der Waals surface area contributed by atoms with E-state index in [2.05, 4.69) is 10.3 Å². The van der Waals surface area contributed by atoms with Crippen molar-refractivity contribution in [2.45, 2.75) is 13.5 Å². The van der Waals surface area contributed by atoms with Crippen LogP contribution in [0.4, 0.5) is 5.69 Å². The SMILES string of the molecule is Cc1cnc(CNC(=O)COc2cccc(N)c2)o1. The first kappa shape index (κ1) is 12.9. The summed E-state index contributed by atoms with van der Waals surface area (Å²) in [6.45, 7) is 1.96. The molecule has 0 bridgehead atoms. The van der Waals surface area contributed by atoms with Crippen molar-refractivity contribution in [3.8, 4) is 5.75 Å². The fourth-order valence-electron chi connectivity index (χ4n) is 1.46. The van der Waals surface area contributed by atoms with Crippen LogP contribution in [-0.2, 0) is 11.3 Å². The molecule has 19 heavy (non-hydrogen) atoms. The third kappa shape index (κ3) is 4.02. The van der Waals surface area contributed by atoms with E-state index in [1.165, 1.54) is 0 Å². The van der Waals surface area contributed by atoms with Crippen LogP contribution in [0.5, 0.6) is 5.75 Å². The largest absolute Gasteiger partial charge is 0.484 e. The highest BCUT2D eigenvalue weighted by molar-refractivity contribution is 5.77. The molecule has 100 valence electrons. The molecule has 0 atom stereocenters. The molecule has 0 aliphatic heterocycles. The van der Waals surface area contributed by atoms with Gasteiger partial charge in [-0.1, -0.05) is 6.07 Å². The maximum Gasteiger partial charge on any atom is 0.258 e. The molecule has 3 N–H and O–H groups in total. The maximum absolute atomic E-state index is 11.5. The van der Waals surface area contributed by atoms with Gasteiger partial charge in [-0.05, 0) is 19.1 Å². The molecule has 0 unspecified atom stereocenters. The molecular weight excluding hydrogens is 246 g/mol. The van der Waals surface area contributed by atoms with Gasteiger partial charge in [0.25, 0.3) is 5.91 Å². The van der Waals surface area contributed by atoms with Gasteiger partial charge in [0.1, 0.15) is 11.5 Å². The molecule has 2 aromatic rings. The van der Waals surface area contributed by atoms with Gasteiger partial charge in [-0.2, -0.15) is 0 Å². The Morgan fingerprint density at radius 1 is 1.53 bits per heavy atom. The van der Waals surface area contributed by atoms with Crippen molar-refractivity contribution >= 4 is 11.6 Å². The monoisotopic (exact) mass is 261 g/mol. The lowest BCUT2D eigenvalue weighted by atomic mass is 10.3. The van der Waals surface area contributed by atoms with Gasteiger partial charge in [-0.15, -0.1) is 0 Å². The van der Waals surface area contributed by atoms with Gasteiger partial charge in [-0.25, -0.2) is 4.98 Å². The summed E-state index contributed by atoms with van der Waals surface area (Å²) < 4.78 is 10.5. The van der Waals surface area contributed by atoms with Gasteiger partial charge in [-0.3, -0.25) is 4.79 Å². The van der Waals surface area contributed by atoms with Gasteiger partial charge in [0.05, 0.1) is 12.7 Å². The molecule has 1 heterocycles. The third-order valence-electron chi connectivity index (χ3n) is 2.33. The van der Waals surface area contributed by atoms with E-state index in [1.807, 2.05) is 0 Å². The predicted octanol–water partition coefficient (Wildman–Crippen LogP) is 1.26. The van der Waals surface area contributed by atoms with Crippen molar-refractivity contribution in [3.63, 3.8) is 0 Å². The zero-order valence-corrected chi connectivity index (χ0v) is 10.6. The van der Waals surface area contributed by atoms with E-state index in [4.69, 9.17) is 14.9 Å². The van der Waals surface area contributed by atoms with E-state index < -0.39 is 0 Å². The zero-order chi connectivity index (χ0) is 13.7. The number of aryl methyl sites for hydroxylation is 1. The van der Waals surface area contributed by atoms with E-state index >= 15 is 0 Å². The van der Waals surface area contributed by atoms with Gasteiger partial charge in [0, 0.05) is 11.8 Å². The first-order chi connectivity index (χ1) is 9.13. The Hall–Kier alpha value is -2.50. The first-order valence-corrected chi connectivity index (χ1v) is 5.80. The second-order valence-electron chi connectivity index (χ2n) is 4.00. The number of rotatable bonds is 5. The maximum atomic E-state index is 11.5. The van der Waals surface area contributed by atoms with Crippen LogP contribution in [0.25, 0.3) is 0 Å². The van der Waals surface area contributed by atoms with Crippen molar-refractivity contribution < 1.29 is 13.9 Å². The van der Waals surface area contributed by atoms with Crippen LogP contribution in [0.2, 0.25) is 0 Å². The van der Waals surface area contributed by atoms with Crippen LogP contribution in [-0.4, -0.2) is 17.5 Å². The number of nitrogens with zero attached hydrogens (tertiary/aromatic N) is 1. The number of carbonyl (C=O) groups is 1. The number of benzene rings is 1. The summed E-state index contributed by atoms with van der Waals surface area (Å²) in [6, 6.07) is 6.90. The molecule has 0 aliphatic carbocycles. The highest BCUT2D eigenvalue weighted by Gasteiger charge is 2.05.